The van der Waals surface area contributed by atoms with E-state index >= 15 is 0 Å². The summed E-state index contributed by atoms with van der Waals surface area (Å²) in [6.07, 6.45) is 4.19. The van der Waals surface area contributed by atoms with Gasteiger partial charge in [-0.1, -0.05) is 18.2 Å². The predicted molar refractivity (Wildman–Crippen MR) is 67.1 cm³/mol. The van der Waals surface area contributed by atoms with Crippen LogP contribution in [0.4, 0.5) is 0 Å². The van der Waals surface area contributed by atoms with Crippen LogP contribution in [0, 0.1) is 5.92 Å². The summed E-state index contributed by atoms with van der Waals surface area (Å²) < 4.78 is 0. The van der Waals surface area contributed by atoms with Crippen LogP contribution in [-0.2, 0) is 0 Å². The van der Waals surface area contributed by atoms with E-state index < -0.39 is 0 Å². The highest BCUT2D eigenvalue weighted by Crippen LogP contribution is 2.21. The Labute approximate surface area is 99.9 Å². The quantitative estimate of drug-likeness (QED) is 0.814. The zero-order chi connectivity index (χ0) is 11.7. The Morgan fingerprint density at radius 1 is 1.35 bits per heavy atom. The van der Waals surface area contributed by atoms with Crippen LogP contribution in [0.5, 0.6) is 0 Å². The molecule has 1 aromatic heterocycles. The first-order valence-electron chi connectivity index (χ1n) is 5.91. The van der Waals surface area contributed by atoms with Crippen molar-refractivity contribution in [3.63, 3.8) is 0 Å². The molecule has 0 amide bonds. The molecule has 3 heteroatoms. The van der Waals surface area contributed by atoms with Crippen molar-refractivity contribution in [3.8, 4) is 0 Å². The fourth-order valence-electron chi connectivity index (χ4n) is 2.23. The molecular formula is C14H14N2O. The third kappa shape index (κ3) is 1.94. The van der Waals surface area contributed by atoms with Crippen LogP contribution in [0.2, 0.25) is 0 Å². The van der Waals surface area contributed by atoms with Crippen molar-refractivity contribution in [2.45, 2.75) is 6.42 Å². The number of hydrogen-bond donors (Lipinski definition) is 1. The van der Waals surface area contributed by atoms with E-state index in [1.807, 2.05) is 24.3 Å². The molecule has 0 spiro atoms. The van der Waals surface area contributed by atoms with Gasteiger partial charge in [-0.05, 0) is 30.5 Å². The van der Waals surface area contributed by atoms with Gasteiger partial charge in [-0.2, -0.15) is 0 Å². The van der Waals surface area contributed by atoms with Crippen molar-refractivity contribution in [1.29, 1.82) is 0 Å². The average Bonchev–Trinajstić information content (AvgIpc) is 2.33. The predicted octanol–water partition coefficient (Wildman–Crippen LogP) is 2.03. The van der Waals surface area contributed by atoms with E-state index in [2.05, 4.69) is 10.3 Å². The van der Waals surface area contributed by atoms with E-state index in [-0.39, 0.29) is 5.78 Å². The van der Waals surface area contributed by atoms with Crippen molar-refractivity contribution < 1.29 is 4.79 Å². The van der Waals surface area contributed by atoms with E-state index in [1.165, 1.54) is 0 Å². The highest BCUT2D eigenvalue weighted by Gasteiger charge is 2.21. The number of ketones is 1. The van der Waals surface area contributed by atoms with Crippen molar-refractivity contribution >= 4 is 16.6 Å². The van der Waals surface area contributed by atoms with Crippen molar-refractivity contribution in [1.82, 2.24) is 10.3 Å². The first-order valence-corrected chi connectivity index (χ1v) is 5.91. The monoisotopic (exact) mass is 226 g/mol. The van der Waals surface area contributed by atoms with Crippen molar-refractivity contribution in [3.05, 3.63) is 42.2 Å². The fourth-order valence-corrected chi connectivity index (χ4v) is 2.23. The van der Waals surface area contributed by atoms with Crippen LogP contribution < -0.4 is 5.32 Å². The first kappa shape index (κ1) is 10.4. The number of carbonyl (C=O) groups excluding carboxylic acids is 1. The van der Waals surface area contributed by atoms with Crippen LogP contribution in [0.25, 0.3) is 10.8 Å². The fraction of sp³-hybridized carbons (Fsp3) is 0.286. The van der Waals surface area contributed by atoms with E-state index in [0.29, 0.717) is 12.3 Å². The Morgan fingerprint density at radius 2 is 2.24 bits per heavy atom. The van der Waals surface area contributed by atoms with E-state index in [1.54, 1.807) is 12.4 Å². The van der Waals surface area contributed by atoms with Gasteiger partial charge in [-0.25, -0.2) is 0 Å². The molecule has 1 aliphatic heterocycles. The van der Waals surface area contributed by atoms with Gasteiger partial charge in [-0.3, -0.25) is 9.78 Å². The van der Waals surface area contributed by atoms with E-state index in [9.17, 15) is 4.79 Å². The normalized spacial score (nSPS) is 15.8. The lowest BCUT2D eigenvalue weighted by Crippen LogP contribution is -2.42. The molecule has 0 saturated carbocycles. The molecule has 1 fully saturated rings. The number of nitrogens with one attached hydrogen (secondary N) is 1. The van der Waals surface area contributed by atoms with Crippen LogP contribution in [0.15, 0.2) is 36.7 Å². The number of fused-ring (bicyclic) bond motifs is 1. The molecule has 0 bridgehead atoms. The third-order valence-electron chi connectivity index (χ3n) is 3.32. The number of rotatable bonds is 3. The molecule has 0 aliphatic carbocycles. The summed E-state index contributed by atoms with van der Waals surface area (Å²) in [4.78, 5) is 16.3. The molecule has 3 rings (SSSR count). The minimum Gasteiger partial charge on any atom is -0.316 e. The molecule has 2 aromatic rings. The summed E-state index contributed by atoms with van der Waals surface area (Å²) in [5.74, 6) is 0.757. The summed E-state index contributed by atoms with van der Waals surface area (Å²) in [7, 11) is 0. The molecule has 1 aliphatic rings. The van der Waals surface area contributed by atoms with Gasteiger partial charge >= 0.3 is 0 Å². The summed E-state index contributed by atoms with van der Waals surface area (Å²) in [6, 6.07) is 7.75. The zero-order valence-electron chi connectivity index (χ0n) is 9.52. The van der Waals surface area contributed by atoms with Gasteiger partial charge in [0.1, 0.15) is 0 Å². The maximum absolute atomic E-state index is 12.2. The van der Waals surface area contributed by atoms with Crippen LogP contribution >= 0.6 is 0 Å². The summed E-state index contributed by atoms with van der Waals surface area (Å²) >= 11 is 0. The van der Waals surface area contributed by atoms with Gasteiger partial charge in [0.25, 0.3) is 0 Å². The molecular weight excluding hydrogens is 212 g/mol. The second-order valence-corrected chi connectivity index (χ2v) is 4.55. The molecule has 0 atom stereocenters. The summed E-state index contributed by atoms with van der Waals surface area (Å²) in [5.41, 5.74) is 0.830. The highest BCUT2D eigenvalue weighted by molar-refractivity contribution is 6.08. The van der Waals surface area contributed by atoms with Gasteiger partial charge < -0.3 is 5.32 Å². The molecule has 1 N–H and O–H groups in total. The minimum atomic E-state index is 0.244. The number of benzene rings is 1. The molecule has 86 valence electrons. The summed E-state index contributed by atoms with van der Waals surface area (Å²) in [5, 5.41) is 5.24. The number of pyridine rings is 1. The Bertz CT molecular complexity index is 556. The maximum Gasteiger partial charge on any atom is 0.163 e. The molecule has 2 heterocycles. The van der Waals surface area contributed by atoms with Crippen LogP contribution in [-0.4, -0.2) is 23.9 Å². The molecule has 3 nitrogen and oxygen atoms in total. The number of Topliss-reactive ketones (excluding diaryl/α,β-unsaturated/α-hetero) is 1. The number of nitrogens with zero attached hydrogens (tertiary/aromatic N) is 1. The smallest absolute Gasteiger partial charge is 0.163 e. The second-order valence-electron chi connectivity index (χ2n) is 4.55. The summed E-state index contributed by atoms with van der Waals surface area (Å²) in [6.45, 7) is 1.94. The largest absolute Gasteiger partial charge is 0.316 e. The maximum atomic E-state index is 12.2. The lowest BCUT2D eigenvalue weighted by molar-refractivity contribution is 0.0947. The topological polar surface area (TPSA) is 42.0 Å². The molecule has 0 radical (unpaired) electrons. The lowest BCUT2D eigenvalue weighted by atomic mass is 9.92. The van der Waals surface area contributed by atoms with Crippen LogP contribution in [0.3, 0.4) is 0 Å². The van der Waals surface area contributed by atoms with Crippen LogP contribution in [0.1, 0.15) is 16.8 Å². The molecule has 1 aromatic carbocycles. The van der Waals surface area contributed by atoms with Gasteiger partial charge in [0, 0.05) is 29.8 Å². The molecule has 0 unspecified atom stereocenters. The Hall–Kier alpha value is -1.74. The SMILES string of the molecule is O=C(CC1CNC1)c1cccc2cnccc12. The van der Waals surface area contributed by atoms with Gasteiger partial charge in [-0.15, -0.1) is 0 Å². The van der Waals surface area contributed by atoms with E-state index in [4.69, 9.17) is 0 Å². The molecule has 17 heavy (non-hydrogen) atoms. The highest BCUT2D eigenvalue weighted by atomic mass is 16.1. The number of hydrogen-bond acceptors (Lipinski definition) is 3. The van der Waals surface area contributed by atoms with Gasteiger partial charge in [0.15, 0.2) is 5.78 Å². The van der Waals surface area contributed by atoms with Crippen molar-refractivity contribution in [2.24, 2.45) is 5.92 Å². The van der Waals surface area contributed by atoms with Crippen molar-refractivity contribution in [2.75, 3.05) is 13.1 Å². The number of carbonyl (C=O) groups is 1. The average molecular weight is 226 g/mol. The van der Waals surface area contributed by atoms with Gasteiger partial charge in [0.2, 0.25) is 0 Å². The Balaban J connectivity index is 1.95. The second kappa shape index (κ2) is 4.26. The lowest BCUT2D eigenvalue weighted by Gasteiger charge is -2.26. The standard InChI is InChI=1S/C14H14N2O/c17-14(6-10-7-16-8-10)13-3-1-2-11-9-15-5-4-12(11)13/h1-5,9-10,16H,6-8H2. The molecule has 1 saturated heterocycles. The number of aromatic nitrogens is 1. The minimum absolute atomic E-state index is 0.244. The van der Waals surface area contributed by atoms with E-state index in [0.717, 1.165) is 29.4 Å². The Morgan fingerprint density at radius 3 is 3.00 bits per heavy atom. The Kier molecular flexibility index (Phi) is 2.61. The zero-order valence-corrected chi connectivity index (χ0v) is 9.52. The first-order chi connectivity index (χ1) is 8.34. The third-order valence-corrected chi connectivity index (χ3v) is 3.32. The van der Waals surface area contributed by atoms with Gasteiger partial charge in [0.05, 0.1) is 0 Å².